The molecule has 7 nitrogen and oxygen atoms in total. The quantitative estimate of drug-likeness (QED) is 0.325. The molecule has 1 heterocycles. The van der Waals surface area contributed by atoms with Crippen LogP contribution in [0.4, 0.5) is 5.69 Å². The molecule has 10 heteroatoms. The van der Waals surface area contributed by atoms with Crippen LogP contribution in [-0.4, -0.2) is 32.3 Å². The van der Waals surface area contributed by atoms with Gasteiger partial charge in [-0.2, -0.15) is 0 Å². The number of rotatable bonds is 9. The Kier molecular flexibility index (Phi) is 9.21. The Morgan fingerprint density at radius 1 is 1.09 bits per heavy atom. The predicted octanol–water partition coefficient (Wildman–Crippen LogP) is 6.08. The number of halogens is 2. The molecule has 2 aromatic carbocycles. The first-order chi connectivity index (χ1) is 16.6. The van der Waals surface area contributed by atoms with Crippen molar-refractivity contribution >= 4 is 52.5 Å². The van der Waals surface area contributed by atoms with E-state index in [2.05, 4.69) is 20.8 Å². The first-order valence-corrected chi connectivity index (χ1v) is 13.0. The van der Waals surface area contributed by atoms with Crippen LogP contribution >= 0.6 is 35.0 Å². The van der Waals surface area contributed by atoms with Gasteiger partial charge in [-0.15, -0.1) is 10.2 Å². The van der Waals surface area contributed by atoms with Gasteiger partial charge >= 0.3 is 0 Å². The molecular weight excluding hydrogens is 505 g/mol. The standard InChI is InChI=1S/C25H29Cl2N5O2S/c1-6-32-23(22(14(2)3)29-24(34)17-10-11-18(26)19(27)12-17)30-31-25(32)35-13-21(33)28-20-9-7-8-15(4)16(20)5/h7-12,14,22H,6,13H2,1-5H3,(H,28,33)(H,29,34)/t22-/m0/s1. The molecule has 186 valence electrons. The Labute approximate surface area is 220 Å². The average Bonchev–Trinajstić information content (AvgIpc) is 3.23. The second kappa shape index (κ2) is 11.9. The summed E-state index contributed by atoms with van der Waals surface area (Å²) in [5.41, 5.74) is 3.37. The van der Waals surface area contributed by atoms with Gasteiger partial charge in [0.1, 0.15) is 0 Å². The molecule has 35 heavy (non-hydrogen) atoms. The Morgan fingerprint density at radius 3 is 2.49 bits per heavy atom. The lowest BCUT2D eigenvalue weighted by atomic mass is 10.0. The van der Waals surface area contributed by atoms with E-state index in [4.69, 9.17) is 23.2 Å². The number of hydrogen-bond donors (Lipinski definition) is 2. The number of thioether (sulfide) groups is 1. The zero-order valence-corrected chi connectivity index (χ0v) is 22.7. The third kappa shape index (κ3) is 6.57. The number of hydrogen-bond acceptors (Lipinski definition) is 5. The minimum absolute atomic E-state index is 0.0432. The highest BCUT2D eigenvalue weighted by Gasteiger charge is 2.26. The normalized spacial score (nSPS) is 12.0. The van der Waals surface area contributed by atoms with Crippen LogP contribution in [0.25, 0.3) is 0 Å². The Balaban J connectivity index is 1.73. The number of carbonyl (C=O) groups excluding carboxylic acids is 2. The molecule has 0 unspecified atom stereocenters. The van der Waals surface area contributed by atoms with Crippen LogP contribution in [-0.2, 0) is 11.3 Å². The average molecular weight is 535 g/mol. The number of carbonyl (C=O) groups is 2. The molecule has 0 aliphatic rings. The molecule has 3 rings (SSSR count). The molecule has 2 N–H and O–H groups in total. The van der Waals surface area contributed by atoms with Crippen molar-refractivity contribution < 1.29 is 9.59 Å². The predicted molar refractivity (Wildman–Crippen MR) is 142 cm³/mol. The fourth-order valence-corrected chi connectivity index (χ4v) is 4.64. The van der Waals surface area contributed by atoms with Crippen LogP contribution in [0.3, 0.4) is 0 Å². The smallest absolute Gasteiger partial charge is 0.251 e. The van der Waals surface area contributed by atoms with Crippen molar-refractivity contribution in [3.8, 4) is 0 Å². The number of amides is 2. The van der Waals surface area contributed by atoms with Gasteiger partial charge in [0, 0.05) is 17.8 Å². The molecule has 1 atom stereocenters. The summed E-state index contributed by atoms with van der Waals surface area (Å²) in [4.78, 5) is 25.5. The molecule has 1 aromatic heterocycles. The Bertz CT molecular complexity index is 1230. The van der Waals surface area contributed by atoms with E-state index in [1.54, 1.807) is 12.1 Å². The number of benzene rings is 2. The molecule has 0 aliphatic carbocycles. The van der Waals surface area contributed by atoms with E-state index in [9.17, 15) is 9.59 Å². The number of aromatic nitrogens is 3. The van der Waals surface area contributed by atoms with E-state index in [0.717, 1.165) is 16.8 Å². The number of aryl methyl sites for hydroxylation is 1. The first-order valence-electron chi connectivity index (χ1n) is 11.3. The van der Waals surface area contributed by atoms with E-state index < -0.39 is 0 Å². The maximum absolute atomic E-state index is 12.9. The van der Waals surface area contributed by atoms with Crippen molar-refractivity contribution in [2.45, 2.75) is 52.4 Å². The maximum atomic E-state index is 12.9. The molecule has 3 aromatic rings. The van der Waals surface area contributed by atoms with Crippen LogP contribution in [0.5, 0.6) is 0 Å². The molecule has 0 saturated carbocycles. The Morgan fingerprint density at radius 2 is 1.83 bits per heavy atom. The number of nitrogens with one attached hydrogen (secondary N) is 2. The van der Waals surface area contributed by atoms with Crippen molar-refractivity contribution in [2.75, 3.05) is 11.1 Å². The van der Waals surface area contributed by atoms with Crippen LogP contribution < -0.4 is 10.6 Å². The van der Waals surface area contributed by atoms with Crippen molar-refractivity contribution in [3.63, 3.8) is 0 Å². The molecule has 0 aliphatic heterocycles. The molecule has 0 bridgehead atoms. The largest absolute Gasteiger partial charge is 0.342 e. The molecule has 2 amide bonds. The Hall–Kier alpha value is -2.55. The minimum atomic E-state index is -0.387. The summed E-state index contributed by atoms with van der Waals surface area (Å²) in [6, 6.07) is 10.2. The minimum Gasteiger partial charge on any atom is -0.342 e. The molecule has 0 spiro atoms. The number of anilines is 1. The highest BCUT2D eigenvalue weighted by atomic mass is 35.5. The SMILES string of the molecule is CCn1c(SCC(=O)Nc2cccc(C)c2C)nnc1[C@@H](NC(=O)c1ccc(Cl)c(Cl)c1)C(C)C. The summed E-state index contributed by atoms with van der Waals surface area (Å²) in [6.07, 6.45) is 0. The van der Waals surface area contributed by atoms with Crippen LogP contribution in [0.1, 0.15) is 54.1 Å². The van der Waals surface area contributed by atoms with E-state index in [0.29, 0.717) is 33.1 Å². The number of nitrogens with zero attached hydrogens (tertiary/aromatic N) is 3. The van der Waals surface area contributed by atoms with Crippen molar-refractivity contribution in [1.29, 1.82) is 0 Å². The maximum Gasteiger partial charge on any atom is 0.251 e. The summed E-state index contributed by atoms with van der Waals surface area (Å²) in [7, 11) is 0. The molecular formula is C25H29Cl2N5O2S. The third-order valence-corrected chi connectivity index (χ3v) is 7.39. The zero-order valence-electron chi connectivity index (χ0n) is 20.4. The van der Waals surface area contributed by atoms with E-state index >= 15 is 0 Å². The molecule has 0 saturated heterocycles. The van der Waals surface area contributed by atoms with E-state index in [-0.39, 0.29) is 29.5 Å². The van der Waals surface area contributed by atoms with Gasteiger partial charge in [-0.3, -0.25) is 9.59 Å². The summed E-state index contributed by atoms with van der Waals surface area (Å²) in [5, 5.41) is 16.0. The van der Waals surface area contributed by atoms with Crippen molar-refractivity contribution in [3.05, 3.63) is 69.0 Å². The van der Waals surface area contributed by atoms with Crippen LogP contribution in [0.2, 0.25) is 10.0 Å². The van der Waals surface area contributed by atoms with Gasteiger partial charge in [0.2, 0.25) is 5.91 Å². The van der Waals surface area contributed by atoms with Crippen molar-refractivity contribution in [2.24, 2.45) is 5.92 Å². The molecule has 0 radical (unpaired) electrons. The second-order valence-corrected chi connectivity index (χ2v) is 10.3. The van der Waals surface area contributed by atoms with Gasteiger partial charge in [0.15, 0.2) is 11.0 Å². The van der Waals surface area contributed by atoms with Crippen LogP contribution in [0, 0.1) is 19.8 Å². The highest BCUT2D eigenvalue weighted by molar-refractivity contribution is 7.99. The summed E-state index contributed by atoms with van der Waals surface area (Å²) < 4.78 is 1.93. The lowest BCUT2D eigenvalue weighted by Crippen LogP contribution is -2.33. The van der Waals surface area contributed by atoms with Gasteiger partial charge in [0.25, 0.3) is 5.91 Å². The van der Waals surface area contributed by atoms with Gasteiger partial charge in [-0.05, 0) is 62.1 Å². The first kappa shape index (κ1) is 27.0. The van der Waals surface area contributed by atoms with Gasteiger partial charge in [0.05, 0.1) is 21.8 Å². The fraction of sp³-hybridized carbons (Fsp3) is 0.360. The summed E-state index contributed by atoms with van der Waals surface area (Å²) in [6.45, 7) is 10.6. The van der Waals surface area contributed by atoms with Crippen molar-refractivity contribution in [1.82, 2.24) is 20.1 Å². The second-order valence-electron chi connectivity index (χ2n) is 8.49. The van der Waals surface area contributed by atoms with E-state index in [1.165, 1.54) is 17.8 Å². The van der Waals surface area contributed by atoms with Gasteiger partial charge < -0.3 is 15.2 Å². The van der Waals surface area contributed by atoms with Gasteiger partial charge in [-0.1, -0.05) is 60.9 Å². The van der Waals surface area contributed by atoms with Crippen LogP contribution in [0.15, 0.2) is 41.6 Å². The topological polar surface area (TPSA) is 88.9 Å². The summed E-state index contributed by atoms with van der Waals surface area (Å²) >= 11 is 13.4. The summed E-state index contributed by atoms with van der Waals surface area (Å²) in [5.74, 6) is 0.460. The van der Waals surface area contributed by atoms with Gasteiger partial charge in [-0.25, -0.2) is 0 Å². The lowest BCUT2D eigenvalue weighted by Gasteiger charge is -2.22. The highest BCUT2D eigenvalue weighted by Crippen LogP contribution is 2.27. The fourth-order valence-electron chi connectivity index (χ4n) is 3.53. The van der Waals surface area contributed by atoms with E-state index in [1.807, 2.05) is 57.4 Å². The third-order valence-electron chi connectivity index (χ3n) is 5.69. The zero-order chi connectivity index (χ0) is 25.7. The lowest BCUT2D eigenvalue weighted by molar-refractivity contribution is -0.113. The monoisotopic (exact) mass is 533 g/mol. The molecule has 0 fully saturated rings.